The van der Waals surface area contributed by atoms with E-state index in [0.717, 1.165) is 29.2 Å². The van der Waals surface area contributed by atoms with Crippen molar-refractivity contribution < 1.29 is 0 Å². The van der Waals surface area contributed by atoms with E-state index in [0.29, 0.717) is 0 Å². The lowest BCUT2D eigenvalue weighted by molar-refractivity contribution is 0.588. The molecule has 2 aromatic rings. The molecular formula is C14H18ClN3. The second-order valence-electron chi connectivity index (χ2n) is 4.41. The van der Waals surface area contributed by atoms with E-state index in [2.05, 4.69) is 23.3 Å². The highest BCUT2D eigenvalue weighted by atomic mass is 35.5. The fourth-order valence-corrected chi connectivity index (χ4v) is 2.15. The molecular weight excluding hydrogens is 246 g/mol. The first-order valence-corrected chi connectivity index (χ1v) is 6.55. The van der Waals surface area contributed by atoms with Gasteiger partial charge in [-0.05, 0) is 30.7 Å². The van der Waals surface area contributed by atoms with Crippen molar-refractivity contribution in [3.05, 3.63) is 53.1 Å². The topological polar surface area (TPSA) is 29.9 Å². The number of aryl methyl sites for hydroxylation is 1. The van der Waals surface area contributed by atoms with Crippen LogP contribution in [0.15, 0.2) is 36.8 Å². The Labute approximate surface area is 113 Å². The Morgan fingerprint density at radius 2 is 2.28 bits per heavy atom. The van der Waals surface area contributed by atoms with Crippen molar-refractivity contribution in [2.45, 2.75) is 19.4 Å². The molecule has 0 bridgehead atoms. The van der Waals surface area contributed by atoms with E-state index in [1.807, 2.05) is 42.3 Å². The zero-order chi connectivity index (χ0) is 13.0. The van der Waals surface area contributed by atoms with Crippen molar-refractivity contribution in [1.82, 2.24) is 14.9 Å². The number of benzene rings is 1. The van der Waals surface area contributed by atoms with Gasteiger partial charge < -0.3 is 9.88 Å². The van der Waals surface area contributed by atoms with Gasteiger partial charge in [-0.1, -0.05) is 30.7 Å². The molecule has 1 atom stereocenters. The van der Waals surface area contributed by atoms with Crippen LogP contribution in [0, 0.1) is 0 Å². The third-order valence-electron chi connectivity index (χ3n) is 2.80. The summed E-state index contributed by atoms with van der Waals surface area (Å²) in [7, 11) is 1.98. The average Bonchev–Trinajstić information content (AvgIpc) is 2.76. The van der Waals surface area contributed by atoms with Crippen LogP contribution in [0.5, 0.6) is 0 Å². The number of nitrogens with zero attached hydrogens (tertiary/aromatic N) is 2. The van der Waals surface area contributed by atoms with Crippen molar-refractivity contribution >= 4 is 11.6 Å². The molecule has 2 rings (SSSR count). The zero-order valence-electron chi connectivity index (χ0n) is 10.7. The molecule has 1 heterocycles. The fraction of sp³-hybridized carbons (Fsp3) is 0.357. The minimum absolute atomic E-state index is 0.102. The molecule has 1 aromatic carbocycles. The van der Waals surface area contributed by atoms with Gasteiger partial charge >= 0.3 is 0 Å². The Morgan fingerprint density at radius 1 is 1.44 bits per heavy atom. The summed E-state index contributed by atoms with van der Waals surface area (Å²) in [4.78, 5) is 4.43. The van der Waals surface area contributed by atoms with E-state index in [4.69, 9.17) is 11.6 Å². The molecule has 1 N–H and O–H groups in total. The summed E-state index contributed by atoms with van der Waals surface area (Å²) in [5.41, 5.74) is 2.17. The van der Waals surface area contributed by atoms with Crippen molar-refractivity contribution in [3.63, 3.8) is 0 Å². The number of aromatic nitrogens is 2. The molecule has 0 aliphatic heterocycles. The fourth-order valence-electron chi connectivity index (χ4n) is 1.95. The third-order valence-corrected chi connectivity index (χ3v) is 3.04. The minimum Gasteiger partial charge on any atom is -0.340 e. The average molecular weight is 264 g/mol. The van der Waals surface area contributed by atoms with Crippen LogP contribution in [0.1, 0.15) is 30.6 Å². The summed E-state index contributed by atoms with van der Waals surface area (Å²) in [6.45, 7) is 3.11. The SMILES string of the molecule is CCCNC(c1cccc(Cl)c1)c1cn(C)cn1. The molecule has 3 nitrogen and oxygen atoms in total. The van der Waals surface area contributed by atoms with Gasteiger partial charge in [0.15, 0.2) is 0 Å². The molecule has 4 heteroatoms. The highest BCUT2D eigenvalue weighted by Gasteiger charge is 2.15. The van der Waals surface area contributed by atoms with Gasteiger partial charge in [0.25, 0.3) is 0 Å². The lowest BCUT2D eigenvalue weighted by Gasteiger charge is -2.17. The molecule has 0 fully saturated rings. The highest BCUT2D eigenvalue weighted by Crippen LogP contribution is 2.23. The van der Waals surface area contributed by atoms with Gasteiger partial charge in [0, 0.05) is 18.3 Å². The number of hydrogen-bond donors (Lipinski definition) is 1. The van der Waals surface area contributed by atoms with E-state index in [1.165, 1.54) is 0 Å². The Kier molecular flexibility index (Phi) is 4.39. The molecule has 96 valence electrons. The van der Waals surface area contributed by atoms with Gasteiger partial charge in [0.1, 0.15) is 0 Å². The molecule has 18 heavy (non-hydrogen) atoms. The second-order valence-corrected chi connectivity index (χ2v) is 4.84. The lowest BCUT2D eigenvalue weighted by Crippen LogP contribution is -2.23. The maximum absolute atomic E-state index is 6.06. The highest BCUT2D eigenvalue weighted by molar-refractivity contribution is 6.30. The van der Waals surface area contributed by atoms with Crippen LogP contribution in [0.25, 0.3) is 0 Å². The van der Waals surface area contributed by atoms with E-state index >= 15 is 0 Å². The van der Waals surface area contributed by atoms with Crippen LogP contribution >= 0.6 is 11.6 Å². The molecule has 0 radical (unpaired) electrons. The van der Waals surface area contributed by atoms with Crippen LogP contribution in [0.3, 0.4) is 0 Å². The Hall–Kier alpha value is -1.32. The first kappa shape index (κ1) is 13.1. The second kappa shape index (κ2) is 6.03. The van der Waals surface area contributed by atoms with Crippen LogP contribution in [-0.2, 0) is 7.05 Å². The van der Waals surface area contributed by atoms with Gasteiger partial charge in [-0.3, -0.25) is 0 Å². The molecule has 0 aliphatic rings. The summed E-state index contributed by atoms with van der Waals surface area (Å²) >= 11 is 6.06. The van der Waals surface area contributed by atoms with Gasteiger partial charge in [-0.15, -0.1) is 0 Å². The molecule has 0 saturated heterocycles. The van der Waals surface area contributed by atoms with Gasteiger partial charge in [-0.25, -0.2) is 4.98 Å². The normalized spacial score (nSPS) is 12.6. The number of halogens is 1. The third kappa shape index (κ3) is 3.12. The Morgan fingerprint density at radius 3 is 2.89 bits per heavy atom. The lowest BCUT2D eigenvalue weighted by atomic mass is 10.0. The van der Waals surface area contributed by atoms with Crippen molar-refractivity contribution in [3.8, 4) is 0 Å². The molecule has 1 aromatic heterocycles. The molecule has 0 spiro atoms. The van der Waals surface area contributed by atoms with Crippen LogP contribution < -0.4 is 5.32 Å². The summed E-state index contributed by atoms with van der Waals surface area (Å²) in [5, 5.41) is 4.26. The monoisotopic (exact) mass is 263 g/mol. The largest absolute Gasteiger partial charge is 0.340 e. The van der Waals surface area contributed by atoms with Crippen molar-refractivity contribution in [1.29, 1.82) is 0 Å². The van der Waals surface area contributed by atoms with Gasteiger partial charge in [-0.2, -0.15) is 0 Å². The molecule has 0 aliphatic carbocycles. The predicted octanol–water partition coefficient (Wildman–Crippen LogP) is 3.16. The predicted molar refractivity (Wildman–Crippen MR) is 74.8 cm³/mol. The van der Waals surface area contributed by atoms with Gasteiger partial charge in [0.05, 0.1) is 18.1 Å². The molecule has 1 unspecified atom stereocenters. The number of nitrogens with one attached hydrogen (secondary N) is 1. The number of imidazole rings is 1. The first-order chi connectivity index (χ1) is 8.70. The minimum atomic E-state index is 0.102. The standard InChI is InChI=1S/C14H18ClN3/c1-3-7-16-14(13-9-18(2)10-17-13)11-5-4-6-12(15)8-11/h4-6,8-10,14,16H,3,7H2,1-2H3. The van der Waals surface area contributed by atoms with E-state index in [9.17, 15) is 0 Å². The number of hydrogen-bond acceptors (Lipinski definition) is 2. The molecule has 0 saturated carbocycles. The molecule has 0 amide bonds. The maximum Gasteiger partial charge on any atom is 0.0947 e. The first-order valence-electron chi connectivity index (χ1n) is 6.17. The summed E-state index contributed by atoms with van der Waals surface area (Å²) in [6.07, 6.45) is 4.94. The number of rotatable bonds is 5. The summed E-state index contributed by atoms with van der Waals surface area (Å²) < 4.78 is 1.96. The van der Waals surface area contributed by atoms with E-state index in [1.54, 1.807) is 0 Å². The van der Waals surface area contributed by atoms with Crippen LogP contribution in [0.4, 0.5) is 0 Å². The van der Waals surface area contributed by atoms with Crippen molar-refractivity contribution in [2.24, 2.45) is 7.05 Å². The van der Waals surface area contributed by atoms with Gasteiger partial charge in [0.2, 0.25) is 0 Å². The zero-order valence-corrected chi connectivity index (χ0v) is 11.5. The van der Waals surface area contributed by atoms with Crippen LogP contribution in [-0.4, -0.2) is 16.1 Å². The van der Waals surface area contributed by atoms with E-state index in [-0.39, 0.29) is 6.04 Å². The Bertz CT molecular complexity index is 507. The summed E-state index contributed by atoms with van der Waals surface area (Å²) in [5.74, 6) is 0. The maximum atomic E-state index is 6.06. The summed E-state index contributed by atoms with van der Waals surface area (Å²) in [6, 6.07) is 8.03. The Balaban J connectivity index is 2.30. The van der Waals surface area contributed by atoms with E-state index < -0.39 is 0 Å². The van der Waals surface area contributed by atoms with Crippen molar-refractivity contribution in [2.75, 3.05) is 6.54 Å². The van der Waals surface area contributed by atoms with Crippen LogP contribution in [0.2, 0.25) is 5.02 Å². The smallest absolute Gasteiger partial charge is 0.0947 e. The quantitative estimate of drug-likeness (QED) is 0.898.